The topological polar surface area (TPSA) is 103 Å². The SMILES string of the molecule is CC(C)(C)c1ccc(-c2nc(-c3ccc(C(C)(C)C)cc3)nc(-c3ccc(-c4[c-]ccc(Br)c4)nc3)n2)cc1.CC(C)(C)c1ccc(-c2nc(-c3ccc(C(C)(C)C)cc3)nc(-c3ccc(-c4[c-]cccc4)nc3)n2)cc1.[Ir]. The molecule has 395 valence electrons. The minimum atomic E-state index is 0. The molecule has 0 spiro atoms. The molecule has 10 rings (SSSR count). The molecule has 0 saturated carbocycles. The Kier molecular flexibility index (Phi) is 17.1. The van der Waals surface area contributed by atoms with Crippen molar-refractivity contribution in [1.82, 2.24) is 39.9 Å². The number of hydrogen-bond donors (Lipinski definition) is 0. The van der Waals surface area contributed by atoms with E-state index in [1.807, 2.05) is 79.1 Å². The van der Waals surface area contributed by atoms with Crippen LogP contribution in [0.2, 0.25) is 0 Å². The molecule has 0 aliphatic rings. The summed E-state index contributed by atoms with van der Waals surface area (Å²) < 4.78 is 0.990. The second kappa shape index (κ2) is 23.4. The van der Waals surface area contributed by atoms with Gasteiger partial charge >= 0.3 is 0 Å². The van der Waals surface area contributed by atoms with Gasteiger partial charge in [-0.25, -0.2) is 29.9 Å². The molecule has 78 heavy (non-hydrogen) atoms. The third kappa shape index (κ3) is 13.9. The minimum absolute atomic E-state index is 0. The molecule has 0 amide bonds. The molecule has 1 radical (unpaired) electrons. The van der Waals surface area contributed by atoms with Crippen LogP contribution in [-0.2, 0) is 41.8 Å². The molecule has 4 aromatic heterocycles. The Bertz CT molecular complexity index is 3460. The summed E-state index contributed by atoms with van der Waals surface area (Å²) in [6, 6.07) is 62.1. The van der Waals surface area contributed by atoms with Crippen LogP contribution >= 0.6 is 15.9 Å². The molecule has 0 saturated heterocycles. The zero-order valence-electron chi connectivity index (χ0n) is 46.5. The third-order valence-electron chi connectivity index (χ3n) is 13.4. The first-order valence-corrected chi connectivity index (χ1v) is 26.9. The van der Waals surface area contributed by atoms with E-state index in [1.54, 1.807) is 0 Å². The predicted molar refractivity (Wildman–Crippen MR) is 319 cm³/mol. The zero-order valence-corrected chi connectivity index (χ0v) is 50.5. The maximum atomic E-state index is 4.91. The number of benzene rings is 6. The average Bonchev–Trinajstić information content (AvgIpc) is 3.43. The third-order valence-corrected chi connectivity index (χ3v) is 13.9. The fourth-order valence-electron chi connectivity index (χ4n) is 8.51. The van der Waals surface area contributed by atoms with E-state index in [2.05, 4.69) is 213 Å². The molecule has 0 N–H and O–H groups in total. The Morgan fingerprint density at radius 2 is 0.615 bits per heavy atom. The van der Waals surface area contributed by atoms with Gasteiger partial charge in [-0.05, 0) is 55.3 Å². The van der Waals surface area contributed by atoms with Crippen molar-refractivity contribution in [3.05, 3.63) is 215 Å². The van der Waals surface area contributed by atoms with E-state index in [0.29, 0.717) is 34.9 Å². The van der Waals surface area contributed by atoms with Gasteiger partial charge in [0.05, 0.1) is 0 Å². The van der Waals surface area contributed by atoms with Crippen molar-refractivity contribution in [3.8, 4) is 90.8 Å². The van der Waals surface area contributed by atoms with Crippen LogP contribution in [0.15, 0.2) is 181 Å². The van der Waals surface area contributed by atoms with Crippen LogP contribution in [0.1, 0.15) is 105 Å². The second-order valence-electron chi connectivity index (χ2n) is 23.5. The molecule has 0 bridgehead atoms. The van der Waals surface area contributed by atoms with Gasteiger partial charge in [0.15, 0.2) is 34.9 Å². The molecule has 10 aromatic rings. The van der Waals surface area contributed by atoms with Crippen LogP contribution in [0.5, 0.6) is 0 Å². The second-order valence-corrected chi connectivity index (χ2v) is 24.4. The maximum absolute atomic E-state index is 4.91. The van der Waals surface area contributed by atoms with Gasteiger partial charge in [0.2, 0.25) is 0 Å². The largest absolute Gasteiger partial charge is 0.304 e. The molecule has 0 atom stereocenters. The number of nitrogens with zero attached hydrogens (tertiary/aromatic N) is 8. The summed E-state index contributed by atoms with van der Waals surface area (Å²) in [6.45, 7) is 26.6. The smallest absolute Gasteiger partial charge is 0.165 e. The van der Waals surface area contributed by atoms with Gasteiger partial charge in [-0.15, -0.1) is 65.7 Å². The van der Waals surface area contributed by atoms with Gasteiger partial charge in [-0.2, -0.15) is 0 Å². The quantitative estimate of drug-likeness (QED) is 0.139. The van der Waals surface area contributed by atoms with Crippen LogP contribution < -0.4 is 0 Å². The Balaban J connectivity index is 0.000000203. The first-order valence-electron chi connectivity index (χ1n) is 26.1. The standard InChI is InChI=1S/C34H32BrN4.C34H33N4.Ir/c1-33(2,3)26-15-10-22(11-16-26)30-37-31(23-12-17-27(18-13-23)34(4,5)6)39-32(38-30)25-14-19-29(36-21-25)24-8-7-9-28(35)20-24;1-33(2,3)27-17-12-24(13-18-27)30-36-31(25-14-19-28(20-15-25)34(4,5)6)38-32(37-30)26-16-21-29(35-22-26)23-10-8-7-9-11-23;/h7,9-21H,1-6H3;7-10,12-22H,1-6H3;/q2*-1;. The summed E-state index contributed by atoms with van der Waals surface area (Å²) in [4.78, 5) is 38.7. The van der Waals surface area contributed by atoms with Crippen molar-refractivity contribution in [2.45, 2.75) is 105 Å². The van der Waals surface area contributed by atoms with E-state index in [1.165, 1.54) is 22.3 Å². The Morgan fingerprint density at radius 1 is 0.321 bits per heavy atom. The monoisotopic (exact) mass is 1270 g/mol. The van der Waals surface area contributed by atoms with Gasteiger partial charge in [0, 0.05) is 65.9 Å². The zero-order chi connectivity index (χ0) is 54.7. The predicted octanol–water partition coefficient (Wildman–Crippen LogP) is 17.4. The number of rotatable bonds is 8. The maximum Gasteiger partial charge on any atom is 0.165 e. The fourth-order valence-corrected chi connectivity index (χ4v) is 8.87. The Labute approximate surface area is 483 Å². The van der Waals surface area contributed by atoms with Crippen LogP contribution in [0.25, 0.3) is 90.8 Å². The summed E-state index contributed by atoms with van der Waals surface area (Å²) in [6.07, 6.45) is 3.64. The summed E-state index contributed by atoms with van der Waals surface area (Å²) in [5.41, 5.74) is 14.4. The van der Waals surface area contributed by atoms with E-state index in [-0.39, 0.29) is 41.8 Å². The molecule has 6 aromatic carbocycles. The number of pyridine rings is 2. The Morgan fingerprint density at radius 3 is 0.885 bits per heavy atom. The summed E-state index contributed by atoms with van der Waals surface area (Å²) in [7, 11) is 0. The van der Waals surface area contributed by atoms with E-state index in [9.17, 15) is 0 Å². The van der Waals surface area contributed by atoms with Crippen LogP contribution in [0, 0.1) is 12.1 Å². The Hall–Kier alpha value is -7.23. The van der Waals surface area contributed by atoms with Crippen molar-refractivity contribution in [2.75, 3.05) is 0 Å². The number of hydrogen-bond acceptors (Lipinski definition) is 8. The first-order chi connectivity index (χ1) is 36.5. The molecule has 0 unspecified atom stereocenters. The van der Waals surface area contributed by atoms with E-state index < -0.39 is 0 Å². The molecular formula is C68H65BrIrN8-2. The normalized spacial score (nSPS) is 11.8. The van der Waals surface area contributed by atoms with Crippen LogP contribution in [0.3, 0.4) is 0 Å². The summed E-state index contributed by atoms with van der Waals surface area (Å²) in [5, 5.41) is 0. The van der Waals surface area contributed by atoms with Gasteiger partial charge in [-0.1, -0.05) is 225 Å². The molecule has 0 fully saturated rings. The van der Waals surface area contributed by atoms with Gasteiger partial charge in [-0.3, -0.25) is 0 Å². The van der Waals surface area contributed by atoms with Gasteiger partial charge in [0.1, 0.15) is 0 Å². The van der Waals surface area contributed by atoms with E-state index in [0.717, 1.165) is 60.4 Å². The molecule has 4 heterocycles. The summed E-state index contributed by atoms with van der Waals surface area (Å²) >= 11 is 3.53. The van der Waals surface area contributed by atoms with Crippen molar-refractivity contribution in [1.29, 1.82) is 0 Å². The van der Waals surface area contributed by atoms with E-state index in [4.69, 9.17) is 34.9 Å². The fraction of sp³-hybridized carbons (Fsp3) is 0.235. The van der Waals surface area contributed by atoms with Crippen LogP contribution in [0.4, 0.5) is 0 Å². The van der Waals surface area contributed by atoms with Crippen molar-refractivity contribution >= 4 is 15.9 Å². The summed E-state index contributed by atoms with van der Waals surface area (Å²) in [5.74, 6) is 3.75. The molecular weight excluding hydrogens is 1200 g/mol. The van der Waals surface area contributed by atoms with Crippen molar-refractivity contribution < 1.29 is 20.1 Å². The van der Waals surface area contributed by atoms with Gasteiger partial charge in [0.25, 0.3) is 0 Å². The minimum Gasteiger partial charge on any atom is -0.304 e. The number of halogens is 1. The molecule has 0 aliphatic heterocycles. The van der Waals surface area contributed by atoms with Crippen molar-refractivity contribution in [3.63, 3.8) is 0 Å². The van der Waals surface area contributed by atoms with E-state index >= 15 is 0 Å². The molecule has 10 heteroatoms. The molecule has 0 aliphatic carbocycles. The number of aromatic nitrogens is 8. The van der Waals surface area contributed by atoms with Crippen molar-refractivity contribution in [2.24, 2.45) is 0 Å². The first kappa shape index (κ1) is 57.0. The average molecular weight is 1270 g/mol. The van der Waals surface area contributed by atoms with Gasteiger partial charge < -0.3 is 9.97 Å². The molecule has 8 nitrogen and oxygen atoms in total. The van der Waals surface area contributed by atoms with Crippen LogP contribution in [-0.4, -0.2) is 39.9 Å².